The molecule has 0 bridgehead atoms. The van der Waals surface area contributed by atoms with Gasteiger partial charge >= 0.3 is 5.97 Å². The van der Waals surface area contributed by atoms with Crippen molar-refractivity contribution >= 4 is 11.9 Å². The Labute approximate surface area is 98.0 Å². The Morgan fingerprint density at radius 3 is 2.82 bits per heavy atom. The maximum Gasteiger partial charge on any atom is 0.332 e. The number of alkyl halides is 1. The number of rotatable bonds is 2. The van der Waals surface area contributed by atoms with Crippen molar-refractivity contribution in [3.63, 3.8) is 0 Å². The van der Waals surface area contributed by atoms with Crippen LogP contribution in [0.3, 0.4) is 0 Å². The van der Waals surface area contributed by atoms with E-state index in [9.17, 15) is 9.18 Å². The van der Waals surface area contributed by atoms with E-state index in [1.165, 1.54) is 6.92 Å². The topological polar surface area (TPSA) is 47.9 Å². The molecule has 0 radical (unpaired) electrons. The Morgan fingerprint density at radius 1 is 1.47 bits per heavy atom. The highest BCUT2D eigenvalue weighted by atomic mass is 19.1. The summed E-state index contributed by atoms with van der Waals surface area (Å²) in [5.41, 5.74) is 0.744. The van der Waals surface area contributed by atoms with Gasteiger partial charge in [-0.1, -0.05) is 30.3 Å². The molecule has 4 nitrogen and oxygen atoms in total. The minimum Gasteiger partial charge on any atom is -0.467 e. The third kappa shape index (κ3) is 2.81. The molecule has 0 unspecified atom stereocenters. The van der Waals surface area contributed by atoms with Gasteiger partial charge in [0.2, 0.25) is 5.90 Å². The number of ether oxygens (including phenoxy) is 1. The fraction of sp³-hybridized carbons (Fsp3) is 0.333. The fourth-order valence-electron chi connectivity index (χ4n) is 1.64. The minimum absolute atomic E-state index is 0.0207. The van der Waals surface area contributed by atoms with Crippen LogP contribution in [0, 0.1) is 0 Å². The minimum atomic E-state index is -1.17. The molecule has 1 fully saturated rings. The molecule has 2 rings (SSSR count). The molecule has 0 aromatic heterocycles. The molecule has 1 heterocycles. The van der Waals surface area contributed by atoms with Gasteiger partial charge < -0.3 is 9.57 Å². The molecule has 0 N–H and O–H groups in total. The summed E-state index contributed by atoms with van der Waals surface area (Å²) in [4.78, 5) is 15.0. The molecule has 1 aromatic carbocycles. The monoisotopic (exact) mass is 237 g/mol. The fourth-order valence-corrected chi connectivity index (χ4v) is 1.64. The van der Waals surface area contributed by atoms with Crippen LogP contribution in [0.4, 0.5) is 4.39 Å². The van der Waals surface area contributed by atoms with Crippen LogP contribution >= 0.6 is 0 Å². The second-order valence-electron chi connectivity index (χ2n) is 3.74. The van der Waals surface area contributed by atoms with E-state index in [1.54, 1.807) is 12.1 Å². The van der Waals surface area contributed by atoms with Crippen LogP contribution in [0.5, 0.6) is 0 Å². The van der Waals surface area contributed by atoms with E-state index >= 15 is 0 Å². The van der Waals surface area contributed by atoms with Crippen molar-refractivity contribution in [3.05, 3.63) is 35.9 Å². The van der Waals surface area contributed by atoms with Gasteiger partial charge in [-0.2, -0.15) is 0 Å². The van der Waals surface area contributed by atoms with Crippen LogP contribution < -0.4 is 0 Å². The predicted octanol–water partition coefficient (Wildman–Crippen LogP) is 2.36. The Bertz CT molecular complexity index is 433. The first-order chi connectivity index (χ1) is 8.16. The summed E-state index contributed by atoms with van der Waals surface area (Å²) in [6.45, 7) is 1.22. The molecule has 1 aromatic rings. The standard InChI is InChI=1S/C12H12FNO3/c1-8(15)17-14-11-7-10(13)12(16-11)9-5-3-2-4-6-9/h2-6,10,12H,7H2,1H3/b14-11-/t10-,12+/m1/s1. The lowest BCUT2D eigenvalue weighted by Crippen LogP contribution is -2.07. The van der Waals surface area contributed by atoms with Crippen LogP contribution in [0.15, 0.2) is 35.5 Å². The average Bonchev–Trinajstić information content (AvgIpc) is 2.69. The smallest absolute Gasteiger partial charge is 0.332 e. The van der Waals surface area contributed by atoms with Crippen molar-refractivity contribution in [1.29, 1.82) is 0 Å². The highest BCUT2D eigenvalue weighted by Gasteiger charge is 2.35. The summed E-state index contributed by atoms with van der Waals surface area (Å²) < 4.78 is 19.0. The van der Waals surface area contributed by atoms with Gasteiger partial charge in [-0.25, -0.2) is 9.18 Å². The summed E-state index contributed by atoms with van der Waals surface area (Å²) in [5.74, 6) is -0.443. The van der Waals surface area contributed by atoms with E-state index in [2.05, 4.69) is 9.99 Å². The number of hydrogen-bond acceptors (Lipinski definition) is 4. The SMILES string of the molecule is CC(=O)O/N=C1/C[C@@H](F)[C@H](c2ccccc2)O1. The number of carbonyl (C=O) groups is 1. The van der Waals surface area contributed by atoms with Crippen molar-refractivity contribution in [1.82, 2.24) is 0 Å². The summed E-state index contributed by atoms with van der Waals surface area (Å²) in [7, 11) is 0. The molecule has 5 heteroatoms. The lowest BCUT2D eigenvalue weighted by Gasteiger charge is -2.11. The van der Waals surface area contributed by atoms with Gasteiger partial charge in [-0.15, -0.1) is 0 Å². The highest BCUT2D eigenvalue weighted by molar-refractivity contribution is 5.79. The second-order valence-corrected chi connectivity index (χ2v) is 3.74. The molecule has 1 aliphatic heterocycles. The lowest BCUT2D eigenvalue weighted by molar-refractivity contribution is -0.141. The maximum atomic E-state index is 13.7. The number of oxime groups is 1. The molecule has 0 amide bonds. The van der Waals surface area contributed by atoms with Crippen LogP contribution in [0.1, 0.15) is 25.0 Å². The van der Waals surface area contributed by atoms with Gasteiger partial charge in [0.25, 0.3) is 0 Å². The van der Waals surface area contributed by atoms with E-state index in [0.29, 0.717) is 0 Å². The number of carbonyl (C=O) groups excluding carboxylic acids is 1. The van der Waals surface area contributed by atoms with Crippen molar-refractivity contribution in [2.75, 3.05) is 0 Å². The van der Waals surface area contributed by atoms with Gasteiger partial charge in [0.05, 0.1) is 6.42 Å². The Hall–Kier alpha value is -1.91. The molecular weight excluding hydrogens is 225 g/mol. The first kappa shape index (κ1) is 11.6. The zero-order valence-electron chi connectivity index (χ0n) is 9.30. The van der Waals surface area contributed by atoms with Gasteiger partial charge in [0.15, 0.2) is 6.10 Å². The summed E-state index contributed by atoms with van der Waals surface area (Å²) >= 11 is 0. The summed E-state index contributed by atoms with van der Waals surface area (Å²) in [5, 5.41) is 3.45. The molecule has 90 valence electrons. The predicted molar refractivity (Wildman–Crippen MR) is 59.0 cm³/mol. The molecular formula is C12H12FNO3. The van der Waals surface area contributed by atoms with Crippen LogP contribution in [-0.2, 0) is 14.4 Å². The Balaban J connectivity index is 2.08. The molecule has 2 atom stereocenters. The zero-order chi connectivity index (χ0) is 12.3. The van der Waals surface area contributed by atoms with Crippen molar-refractivity contribution < 1.29 is 18.8 Å². The zero-order valence-corrected chi connectivity index (χ0v) is 9.30. The van der Waals surface area contributed by atoms with E-state index in [1.807, 2.05) is 18.2 Å². The van der Waals surface area contributed by atoms with E-state index in [4.69, 9.17) is 4.74 Å². The average molecular weight is 237 g/mol. The highest BCUT2D eigenvalue weighted by Crippen LogP contribution is 2.32. The normalized spacial score (nSPS) is 25.6. The molecule has 0 saturated carbocycles. The first-order valence-corrected chi connectivity index (χ1v) is 5.27. The Morgan fingerprint density at radius 2 is 2.18 bits per heavy atom. The first-order valence-electron chi connectivity index (χ1n) is 5.27. The Kier molecular flexibility index (Phi) is 3.37. The second kappa shape index (κ2) is 4.95. The third-order valence-corrected chi connectivity index (χ3v) is 2.37. The summed E-state index contributed by atoms with van der Waals surface area (Å²) in [6, 6.07) is 9.04. The number of hydrogen-bond donors (Lipinski definition) is 0. The molecule has 1 saturated heterocycles. The van der Waals surface area contributed by atoms with E-state index in [-0.39, 0.29) is 12.3 Å². The molecule has 1 aliphatic rings. The number of benzene rings is 1. The van der Waals surface area contributed by atoms with E-state index in [0.717, 1.165) is 5.56 Å². The van der Waals surface area contributed by atoms with E-state index < -0.39 is 18.2 Å². The summed E-state index contributed by atoms with van der Waals surface area (Å²) in [6.07, 6.45) is -1.83. The van der Waals surface area contributed by atoms with Gasteiger partial charge in [-0.05, 0) is 10.7 Å². The quantitative estimate of drug-likeness (QED) is 0.586. The maximum absolute atomic E-state index is 13.7. The molecule has 0 spiro atoms. The molecule has 0 aliphatic carbocycles. The van der Waals surface area contributed by atoms with Crippen molar-refractivity contribution in [2.24, 2.45) is 5.16 Å². The molecule has 17 heavy (non-hydrogen) atoms. The van der Waals surface area contributed by atoms with Gasteiger partial charge in [0, 0.05) is 6.92 Å². The lowest BCUT2D eigenvalue weighted by atomic mass is 10.1. The number of nitrogens with zero attached hydrogens (tertiary/aromatic N) is 1. The third-order valence-electron chi connectivity index (χ3n) is 2.37. The van der Waals surface area contributed by atoms with Crippen molar-refractivity contribution in [2.45, 2.75) is 25.6 Å². The largest absolute Gasteiger partial charge is 0.467 e. The van der Waals surface area contributed by atoms with Crippen LogP contribution in [0.25, 0.3) is 0 Å². The van der Waals surface area contributed by atoms with Crippen LogP contribution in [0.2, 0.25) is 0 Å². The number of halogens is 1. The van der Waals surface area contributed by atoms with Crippen molar-refractivity contribution in [3.8, 4) is 0 Å². The van der Waals surface area contributed by atoms with Gasteiger partial charge in [-0.3, -0.25) is 0 Å². The van der Waals surface area contributed by atoms with Gasteiger partial charge in [0.1, 0.15) is 6.17 Å². The van der Waals surface area contributed by atoms with Crippen LogP contribution in [-0.4, -0.2) is 18.0 Å².